The van der Waals surface area contributed by atoms with E-state index in [4.69, 9.17) is 4.74 Å². The van der Waals surface area contributed by atoms with Crippen LogP contribution >= 0.6 is 23.1 Å². The molecule has 0 atom stereocenters. The van der Waals surface area contributed by atoms with E-state index in [0.29, 0.717) is 17.0 Å². The number of benzene rings is 1. The van der Waals surface area contributed by atoms with E-state index in [-0.39, 0.29) is 0 Å². The van der Waals surface area contributed by atoms with Gasteiger partial charge in [0.2, 0.25) is 0 Å². The van der Waals surface area contributed by atoms with Gasteiger partial charge >= 0.3 is 7.12 Å². The van der Waals surface area contributed by atoms with Gasteiger partial charge < -0.3 is 14.8 Å². The Hall–Kier alpha value is -1.02. The van der Waals surface area contributed by atoms with Crippen LogP contribution in [0.4, 0.5) is 0 Å². The summed E-state index contributed by atoms with van der Waals surface area (Å²) in [5.41, 5.74) is 1.34. The first-order chi connectivity index (χ1) is 8.70. The molecule has 94 valence electrons. The van der Waals surface area contributed by atoms with E-state index in [1.54, 1.807) is 48.5 Å². The van der Waals surface area contributed by atoms with E-state index >= 15 is 0 Å². The fraction of sp³-hybridized carbons (Fsp3) is 0.182. The summed E-state index contributed by atoms with van der Waals surface area (Å²) in [4.78, 5) is 4.17. The van der Waals surface area contributed by atoms with Crippen LogP contribution in [0.25, 0.3) is 0 Å². The molecule has 0 fully saturated rings. The average Bonchev–Trinajstić information content (AvgIpc) is 2.88. The maximum absolute atomic E-state index is 9.32. The molecule has 0 amide bonds. The Morgan fingerprint density at radius 1 is 1.44 bits per heavy atom. The Balaban J connectivity index is 2.18. The van der Waals surface area contributed by atoms with Crippen LogP contribution in [0.5, 0.6) is 5.75 Å². The van der Waals surface area contributed by atoms with E-state index < -0.39 is 7.12 Å². The summed E-state index contributed by atoms with van der Waals surface area (Å²) >= 11 is 3.12. The quantitative estimate of drug-likeness (QED) is 0.635. The van der Waals surface area contributed by atoms with Crippen LogP contribution in [0.2, 0.25) is 0 Å². The van der Waals surface area contributed by atoms with Crippen LogP contribution in [-0.2, 0) is 5.75 Å². The SMILES string of the molecule is COc1ccc(B(O)O)c(CSc2nccs2)c1. The van der Waals surface area contributed by atoms with Gasteiger partial charge in [-0.25, -0.2) is 4.98 Å². The molecule has 2 N–H and O–H groups in total. The monoisotopic (exact) mass is 281 g/mol. The van der Waals surface area contributed by atoms with Gasteiger partial charge in [-0.1, -0.05) is 17.8 Å². The van der Waals surface area contributed by atoms with Crippen molar-refractivity contribution in [2.75, 3.05) is 7.11 Å². The molecule has 7 heteroatoms. The highest BCUT2D eigenvalue weighted by Crippen LogP contribution is 2.25. The lowest BCUT2D eigenvalue weighted by Crippen LogP contribution is -2.32. The van der Waals surface area contributed by atoms with Gasteiger partial charge in [0.25, 0.3) is 0 Å². The topological polar surface area (TPSA) is 62.6 Å². The Morgan fingerprint density at radius 3 is 2.89 bits per heavy atom. The molecule has 1 aromatic heterocycles. The lowest BCUT2D eigenvalue weighted by atomic mass is 9.77. The third kappa shape index (κ3) is 3.26. The first-order valence-electron chi connectivity index (χ1n) is 5.26. The highest BCUT2D eigenvalue weighted by atomic mass is 32.2. The number of hydrogen-bond donors (Lipinski definition) is 2. The molecule has 4 nitrogen and oxygen atoms in total. The minimum atomic E-state index is -1.47. The van der Waals surface area contributed by atoms with Crippen molar-refractivity contribution in [3.05, 3.63) is 35.3 Å². The van der Waals surface area contributed by atoms with Gasteiger partial charge in [0.05, 0.1) is 7.11 Å². The van der Waals surface area contributed by atoms with Gasteiger partial charge in [0.1, 0.15) is 10.1 Å². The molecule has 2 rings (SSSR count). The minimum absolute atomic E-state index is 0.500. The number of aromatic nitrogens is 1. The first-order valence-corrected chi connectivity index (χ1v) is 7.12. The van der Waals surface area contributed by atoms with Crippen LogP contribution in [0.15, 0.2) is 34.1 Å². The molecule has 0 radical (unpaired) electrons. The van der Waals surface area contributed by atoms with E-state index in [1.807, 2.05) is 11.4 Å². The third-order valence-corrected chi connectivity index (χ3v) is 4.40. The van der Waals surface area contributed by atoms with E-state index in [2.05, 4.69) is 4.98 Å². The number of methoxy groups -OCH3 is 1. The number of ether oxygens (including phenoxy) is 1. The summed E-state index contributed by atoms with van der Waals surface area (Å²) in [5.74, 6) is 1.33. The maximum Gasteiger partial charge on any atom is 0.488 e. The minimum Gasteiger partial charge on any atom is -0.497 e. The van der Waals surface area contributed by atoms with Gasteiger partial charge in [-0.3, -0.25) is 0 Å². The van der Waals surface area contributed by atoms with Crippen LogP contribution in [0.1, 0.15) is 5.56 Å². The van der Waals surface area contributed by atoms with Gasteiger partial charge in [0.15, 0.2) is 0 Å². The highest BCUT2D eigenvalue weighted by molar-refractivity contribution is 8.00. The van der Waals surface area contributed by atoms with Crippen molar-refractivity contribution in [3.63, 3.8) is 0 Å². The largest absolute Gasteiger partial charge is 0.497 e. The molecule has 0 aliphatic carbocycles. The van der Waals surface area contributed by atoms with Crippen molar-refractivity contribution < 1.29 is 14.8 Å². The third-order valence-electron chi connectivity index (χ3n) is 2.39. The molecule has 0 spiro atoms. The predicted molar refractivity (Wildman–Crippen MR) is 74.5 cm³/mol. The predicted octanol–water partition coefficient (Wildman–Crippen LogP) is 1.12. The zero-order chi connectivity index (χ0) is 13.0. The summed E-state index contributed by atoms with van der Waals surface area (Å²) in [6, 6.07) is 5.20. The number of rotatable bonds is 5. The Labute approximate surface area is 114 Å². The van der Waals surface area contributed by atoms with Gasteiger partial charge in [0, 0.05) is 17.3 Å². The van der Waals surface area contributed by atoms with Gasteiger partial charge in [-0.15, -0.1) is 11.3 Å². The Bertz CT molecular complexity index is 505. The summed E-state index contributed by atoms with van der Waals surface area (Å²) < 4.78 is 6.10. The summed E-state index contributed by atoms with van der Waals surface area (Å²) in [7, 11) is 0.116. The van der Waals surface area contributed by atoms with Crippen molar-refractivity contribution in [2.45, 2.75) is 10.1 Å². The highest BCUT2D eigenvalue weighted by Gasteiger charge is 2.16. The van der Waals surface area contributed by atoms with Crippen molar-refractivity contribution in [2.24, 2.45) is 0 Å². The van der Waals surface area contributed by atoms with Crippen LogP contribution < -0.4 is 10.2 Å². The summed E-state index contributed by atoms with van der Waals surface area (Å²) in [6.45, 7) is 0. The molecule has 0 aliphatic heterocycles. The second-order valence-electron chi connectivity index (χ2n) is 3.53. The fourth-order valence-electron chi connectivity index (χ4n) is 1.51. The Kier molecular flexibility index (Phi) is 4.65. The van der Waals surface area contributed by atoms with E-state index in [9.17, 15) is 10.0 Å². The van der Waals surface area contributed by atoms with Crippen LogP contribution in [0.3, 0.4) is 0 Å². The van der Waals surface area contributed by atoms with Crippen molar-refractivity contribution >= 4 is 35.7 Å². The molecule has 2 aromatic rings. The molecular weight excluding hydrogens is 269 g/mol. The molecule has 0 aliphatic rings. The molecule has 0 saturated heterocycles. The molecule has 18 heavy (non-hydrogen) atoms. The standard InChI is InChI=1S/C11H12BNO3S2/c1-16-9-2-3-10(12(14)15)8(6-9)7-18-11-13-4-5-17-11/h2-6,14-15H,7H2,1H3. The van der Waals surface area contributed by atoms with Crippen LogP contribution in [-0.4, -0.2) is 29.3 Å². The van der Waals surface area contributed by atoms with Crippen molar-refractivity contribution in [1.29, 1.82) is 0 Å². The second-order valence-corrected chi connectivity index (χ2v) is 5.64. The second kappa shape index (κ2) is 6.24. The number of nitrogens with zero attached hydrogens (tertiary/aromatic N) is 1. The number of thiazole rings is 1. The fourth-order valence-corrected chi connectivity index (χ4v) is 3.15. The molecule has 0 bridgehead atoms. The molecule has 1 aromatic carbocycles. The van der Waals surface area contributed by atoms with Crippen molar-refractivity contribution in [3.8, 4) is 5.75 Å². The average molecular weight is 281 g/mol. The molecular formula is C11H12BNO3S2. The smallest absolute Gasteiger partial charge is 0.488 e. The van der Waals surface area contributed by atoms with Gasteiger partial charge in [-0.2, -0.15) is 0 Å². The lowest BCUT2D eigenvalue weighted by Gasteiger charge is -2.10. The number of thioether (sulfide) groups is 1. The van der Waals surface area contributed by atoms with E-state index in [1.165, 1.54) is 0 Å². The lowest BCUT2D eigenvalue weighted by molar-refractivity contribution is 0.413. The number of hydrogen-bond acceptors (Lipinski definition) is 6. The first kappa shape index (κ1) is 13.4. The molecule has 0 unspecified atom stereocenters. The summed E-state index contributed by atoms with van der Waals surface area (Å²) in [6.07, 6.45) is 1.75. The van der Waals surface area contributed by atoms with E-state index in [0.717, 1.165) is 9.90 Å². The molecule has 0 saturated carbocycles. The van der Waals surface area contributed by atoms with Crippen molar-refractivity contribution in [1.82, 2.24) is 4.98 Å². The van der Waals surface area contributed by atoms with Gasteiger partial charge in [-0.05, 0) is 23.2 Å². The summed E-state index contributed by atoms with van der Waals surface area (Å²) in [5, 5.41) is 20.5. The normalized spacial score (nSPS) is 10.4. The van der Waals surface area contributed by atoms with Crippen LogP contribution in [0, 0.1) is 0 Å². The Morgan fingerprint density at radius 2 is 2.28 bits per heavy atom. The zero-order valence-electron chi connectivity index (χ0n) is 9.74. The maximum atomic E-state index is 9.32. The molecule has 1 heterocycles. The zero-order valence-corrected chi connectivity index (χ0v) is 11.4.